The number of benzene rings is 3. The molecule has 27 heavy (non-hydrogen) atoms. The van der Waals surface area contributed by atoms with Gasteiger partial charge in [-0.3, -0.25) is 4.79 Å². The number of hydrogen-bond donors (Lipinski definition) is 1. The van der Waals surface area contributed by atoms with Crippen molar-refractivity contribution in [3.8, 4) is 17.6 Å². The van der Waals surface area contributed by atoms with Gasteiger partial charge in [-0.15, -0.1) is 0 Å². The van der Waals surface area contributed by atoms with E-state index in [2.05, 4.69) is 5.32 Å². The van der Waals surface area contributed by atoms with Crippen molar-refractivity contribution in [3.63, 3.8) is 0 Å². The molecule has 0 saturated heterocycles. The molecule has 5 heteroatoms. The average Bonchev–Trinajstić information content (AvgIpc) is 2.72. The van der Waals surface area contributed by atoms with Gasteiger partial charge in [0, 0.05) is 22.7 Å². The van der Waals surface area contributed by atoms with E-state index < -0.39 is 5.91 Å². The van der Waals surface area contributed by atoms with Crippen LogP contribution in [0.1, 0.15) is 5.56 Å². The quantitative estimate of drug-likeness (QED) is 0.542. The first-order chi connectivity index (χ1) is 13.2. The van der Waals surface area contributed by atoms with Crippen LogP contribution in [0.5, 0.6) is 11.5 Å². The minimum atomic E-state index is -0.480. The maximum absolute atomic E-state index is 12.6. The monoisotopic (exact) mass is 358 g/mol. The lowest BCUT2D eigenvalue weighted by molar-refractivity contribution is -0.112. The second kappa shape index (κ2) is 8.07. The number of methoxy groups -OCH3 is 2. The Labute approximate surface area is 157 Å². The average molecular weight is 358 g/mol. The van der Waals surface area contributed by atoms with Gasteiger partial charge in [0.05, 0.1) is 14.2 Å². The number of fused-ring (bicyclic) bond motifs is 1. The molecule has 5 nitrogen and oxygen atoms in total. The van der Waals surface area contributed by atoms with Gasteiger partial charge in [-0.1, -0.05) is 36.4 Å². The summed E-state index contributed by atoms with van der Waals surface area (Å²) >= 11 is 0. The highest BCUT2D eigenvalue weighted by Crippen LogP contribution is 2.27. The molecule has 0 aromatic heterocycles. The number of nitrogens with one attached hydrogen (secondary N) is 1. The molecule has 0 radical (unpaired) electrons. The lowest BCUT2D eigenvalue weighted by Gasteiger charge is -2.10. The number of nitrogens with zero attached hydrogens (tertiary/aromatic N) is 1. The molecule has 0 spiro atoms. The highest BCUT2D eigenvalue weighted by Gasteiger charge is 2.13. The first-order valence-electron chi connectivity index (χ1n) is 8.29. The van der Waals surface area contributed by atoms with Crippen molar-refractivity contribution in [1.29, 1.82) is 5.26 Å². The number of carbonyl (C=O) groups is 1. The minimum Gasteiger partial charge on any atom is -0.497 e. The van der Waals surface area contributed by atoms with E-state index in [1.165, 1.54) is 13.2 Å². The summed E-state index contributed by atoms with van der Waals surface area (Å²) in [6, 6.07) is 20.5. The number of nitriles is 1. The molecule has 3 aromatic carbocycles. The maximum Gasteiger partial charge on any atom is 0.266 e. The Morgan fingerprint density at radius 2 is 1.81 bits per heavy atom. The van der Waals surface area contributed by atoms with Crippen molar-refractivity contribution in [2.24, 2.45) is 0 Å². The van der Waals surface area contributed by atoms with Gasteiger partial charge in [0.25, 0.3) is 5.91 Å². The Balaban J connectivity index is 1.93. The number of rotatable bonds is 5. The van der Waals surface area contributed by atoms with Gasteiger partial charge in [0.2, 0.25) is 0 Å². The van der Waals surface area contributed by atoms with Gasteiger partial charge in [-0.2, -0.15) is 5.26 Å². The third-order valence-electron chi connectivity index (χ3n) is 4.14. The van der Waals surface area contributed by atoms with Crippen LogP contribution in [0.2, 0.25) is 0 Å². The van der Waals surface area contributed by atoms with Crippen LogP contribution in [0.15, 0.2) is 66.2 Å². The van der Waals surface area contributed by atoms with E-state index in [1.807, 2.05) is 48.5 Å². The van der Waals surface area contributed by atoms with Crippen molar-refractivity contribution in [2.75, 3.05) is 19.5 Å². The van der Waals surface area contributed by atoms with E-state index in [0.717, 1.165) is 10.8 Å². The van der Waals surface area contributed by atoms with E-state index in [9.17, 15) is 10.1 Å². The molecule has 0 saturated carbocycles. The molecule has 0 aliphatic rings. The molecular formula is C22H18N2O3. The predicted molar refractivity (Wildman–Crippen MR) is 106 cm³/mol. The largest absolute Gasteiger partial charge is 0.497 e. The van der Waals surface area contributed by atoms with Gasteiger partial charge in [-0.05, 0) is 29.7 Å². The summed E-state index contributed by atoms with van der Waals surface area (Å²) < 4.78 is 10.5. The summed E-state index contributed by atoms with van der Waals surface area (Å²) in [5.41, 5.74) is 1.25. The number of ether oxygens (including phenoxy) is 2. The smallest absolute Gasteiger partial charge is 0.266 e. The zero-order chi connectivity index (χ0) is 19.2. The summed E-state index contributed by atoms with van der Waals surface area (Å²) in [6.07, 6.45) is 1.50. The molecule has 0 aliphatic heterocycles. The fourth-order valence-electron chi connectivity index (χ4n) is 2.77. The summed E-state index contributed by atoms with van der Waals surface area (Å²) in [4.78, 5) is 12.6. The fourth-order valence-corrected chi connectivity index (χ4v) is 2.77. The summed E-state index contributed by atoms with van der Waals surface area (Å²) in [5, 5.41) is 14.2. The van der Waals surface area contributed by atoms with Crippen LogP contribution in [0, 0.1) is 11.3 Å². The van der Waals surface area contributed by atoms with Gasteiger partial charge >= 0.3 is 0 Å². The van der Waals surface area contributed by atoms with Gasteiger partial charge in [-0.25, -0.2) is 0 Å². The summed E-state index contributed by atoms with van der Waals surface area (Å²) in [6.45, 7) is 0. The Hall–Kier alpha value is -3.78. The molecule has 134 valence electrons. The van der Waals surface area contributed by atoms with Crippen LogP contribution < -0.4 is 14.8 Å². The Morgan fingerprint density at radius 3 is 2.56 bits per heavy atom. The fraction of sp³-hybridized carbons (Fsp3) is 0.0909. The van der Waals surface area contributed by atoms with E-state index in [0.29, 0.717) is 22.7 Å². The van der Waals surface area contributed by atoms with Crippen molar-refractivity contribution in [3.05, 3.63) is 71.8 Å². The Bertz CT molecular complexity index is 1060. The second-order valence-electron chi connectivity index (χ2n) is 5.76. The predicted octanol–water partition coefficient (Wildman–Crippen LogP) is 4.40. The molecule has 0 heterocycles. The van der Waals surface area contributed by atoms with Crippen LogP contribution >= 0.6 is 0 Å². The number of anilines is 1. The third-order valence-corrected chi connectivity index (χ3v) is 4.14. The van der Waals surface area contributed by atoms with Crippen LogP contribution in [-0.4, -0.2) is 20.1 Å². The first kappa shape index (κ1) is 18.0. The topological polar surface area (TPSA) is 71.3 Å². The third kappa shape index (κ3) is 3.91. The standard InChI is InChI=1S/C22H18N2O3/c1-26-18-11-10-16(21(13-18)27-2)12-17(14-23)22(25)24-20-9-5-7-15-6-3-4-8-19(15)20/h3-13H,1-2H3,(H,24,25). The number of amides is 1. The van der Waals surface area contributed by atoms with Crippen LogP contribution in [-0.2, 0) is 4.79 Å². The lowest BCUT2D eigenvalue weighted by Crippen LogP contribution is -2.13. The van der Waals surface area contributed by atoms with Crippen molar-refractivity contribution >= 4 is 28.4 Å². The van der Waals surface area contributed by atoms with Crippen LogP contribution in [0.25, 0.3) is 16.8 Å². The zero-order valence-corrected chi connectivity index (χ0v) is 15.0. The first-order valence-corrected chi connectivity index (χ1v) is 8.29. The van der Waals surface area contributed by atoms with E-state index in [-0.39, 0.29) is 5.57 Å². The number of hydrogen-bond acceptors (Lipinski definition) is 4. The summed E-state index contributed by atoms with van der Waals surface area (Å²) in [7, 11) is 3.08. The highest BCUT2D eigenvalue weighted by atomic mass is 16.5. The Morgan fingerprint density at radius 1 is 1.04 bits per heavy atom. The van der Waals surface area contributed by atoms with E-state index in [4.69, 9.17) is 9.47 Å². The molecule has 0 atom stereocenters. The van der Waals surface area contributed by atoms with Gasteiger partial charge in [0.1, 0.15) is 23.1 Å². The molecule has 3 rings (SSSR count). The lowest BCUT2D eigenvalue weighted by atomic mass is 10.1. The normalized spacial score (nSPS) is 10.9. The maximum atomic E-state index is 12.6. The summed E-state index contributed by atoms with van der Waals surface area (Å²) in [5.74, 6) is 0.662. The zero-order valence-electron chi connectivity index (χ0n) is 15.0. The highest BCUT2D eigenvalue weighted by molar-refractivity contribution is 6.13. The Kier molecular flexibility index (Phi) is 5.38. The minimum absolute atomic E-state index is 0.0219. The van der Waals surface area contributed by atoms with Crippen molar-refractivity contribution < 1.29 is 14.3 Å². The SMILES string of the molecule is COc1ccc(C=C(C#N)C(=O)Nc2cccc3ccccc23)c(OC)c1. The van der Waals surface area contributed by atoms with E-state index in [1.54, 1.807) is 25.3 Å². The molecule has 1 amide bonds. The van der Waals surface area contributed by atoms with Crippen LogP contribution in [0.3, 0.4) is 0 Å². The second-order valence-corrected chi connectivity index (χ2v) is 5.76. The van der Waals surface area contributed by atoms with Gasteiger partial charge < -0.3 is 14.8 Å². The van der Waals surface area contributed by atoms with Gasteiger partial charge in [0.15, 0.2) is 0 Å². The molecule has 1 N–H and O–H groups in total. The number of carbonyl (C=O) groups excluding carboxylic acids is 1. The van der Waals surface area contributed by atoms with Crippen molar-refractivity contribution in [1.82, 2.24) is 0 Å². The van der Waals surface area contributed by atoms with Crippen LogP contribution in [0.4, 0.5) is 5.69 Å². The molecule has 0 fully saturated rings. The molecule has 3 aromatic rings. The molecule has 0 aliphatic carbocycles. The van der Waals surface area contributed by atoms with Crippen molar-refractivity contribution in [2.45, 2.75) is 0 Å². The van der Waals surface area contributed by atoms with E-state index >= 15 is 0 Å². The molecule has 0 bridgehead atoms. The molecular weight excluding hydrogens is 340 g/mol. The molecule has 0 unspecified atom stereocenters.